The molecule has 6 heteroatoms. The summed E-state index contributed by atoms with van der Waals surface area (Å²) in [6.07, 6.45) is 1.87. The third kappa shape index (κ3) is 1.81. The van der Waals surface area contributed by atoms with Crippen LogP contribution in [-0.4, -0.2) is 27.9 Å². The number of aliphatic hydroxyl groups excluding tert-OH is 1. The smallest absolute Gasteiger partial charge is 0.244 e. The van der Waals surface area contributed by atoms with Crippen LogP contribution in [0.15, 0.2) is 39.5 Å². The van der Waals surface area contributed by atoms with Gasteiger partial charge in [-0.2, -0.15) is 4.98 Å². The molecule has 0 amide bonds. The Balaban J connectivity index is 1.71. The zero-order valence-corrected chi connectivity index (χ0v) is 10.6. The topological polar surface area (TPSA) is 84.3 Å². The van der Waals surface area contributed by atoms with Crippen molar-refractivity contribution >= 4 is 11.0 Å². The Morgan fingerprint density at radius 2 is 2.20 bits per heavy atom. The van der Waals surface area contributed by atoms with E-state index < -0.39 is 0 Å². The molecule has 20 heavy (non-hydrogen) atoms. The Morgan fingerprint density at radius 1 is 1.30 bits per heavy atom. The summed E-state index contributed by atoms with van der Waals surface area (Å²) in [5, 5.41) is 17.6. The highest BCUT2D eigenvalue weighted by Gasteiger charge is 2.28. The normalized spacial score (nSPS) is 22.6. The van der Waals surface area contributed by atoms with Crippen LogP contribution in [0.4, 0.5) is 0 Å². The monoisotopic (exact) mass is 271 g/mol. The second kappa shape index (κ2) is 4.43. The van der Waals surface area contributed by atoms with Crippen molar-refractivity contribution in [2.24, 2.45) is 0 Å². The molecule has 1 saturated heterocycles. The lowest BCUT2D eigenvalue weighted by Gasteiger charge is -2.01. The molecule has 2 aromatic heterocycles. The molecular formula is C14H13N3O3. The van der Waals surface area contributed by atoms with E-state index in [0.717, 1.165) is 16.5 Å². The van der Waals surface area contributed by atoms with E-state index in [4.69, 9.17) is 8.94 Å². The van der Waals surface area contributed by atoms with Gasteiger partial charge in [-0.05, 0) is 12.5 Å². The largest absolute Gasteiger partial charge is 0.464 e. The number of para-hydroxylation sites is 1. The first-order valence-corrected chi connectivity index (χ1v) is 6.53. The van der Waals surface area contributed by atoms with Crippen LogP contribution in [0.3, 0.4) is 0 Å². The Labute approximate surface area is 114 Å². The van der Waals surface area contributed by atoms with Crippen molar-refractivity contribution in [3.05, 3.63) is 36.4 Å². The lowest BCUT2D eigenvalue weighted by atomic mass is 10.1. The molecule has 102 valence electrons. The lowest BCUT2D eigenvalue weighted by molar-refractivity contribution is 0.191. The van der Waals surface area contributed by atoms with Crippen LogP contribution in [0, 0.1) is 0 Å². The van der Waals surface area contributed by atoms with Crippen LogP contribution in [0.2, 0.25) is 0 Å². The molecule has 2 atom stereocenters. The molecule has 1 aliphatic heterocycles. The highest BCUT2D eigenvalue weighted by atomic mass is 16.5. The zero-order valence-electron chi connectivity index (χ0n) is 10.6. The Hall–Kier alpha value is -2.18. The molecule has 1 aliphatic rings. The number of aliphatic hydroxyl groups is 1. The Kier molecular flexibility index (Phi) is 2.58. The number of nitrogens with one attached hydrogen (secondary N) is 1. The van der Waals surface area contributed by atoms with Gasteiger partial charge in [0.1, 0.15) is 11.8 Å². The van der Waals surface area contributed by atoms with Gasteiger partial charge in [0.25, 0.3) is 0 Å². The summed E-state index contributed by atoms with van der Waals surface area (Å²) in [5.74, 6) is 1.01. The minimum atomic E-state index is -0.356. The minimum absolute atomic E-state index is 0.0792. The second-order valence-corrected chi connectivity index (χ2v) is 4.95. The summed E-state index contributed by atoms with van der Waals surface area (Å²) in [4.78, 5) is 4.41. The van der Waals surface area contributed by atoms with Crippen LogP contribution >= 0.6 is 0 Å². The van der Waals surface area contributed by atoms with E-state index in [0.29, 0.717) is 24.7 Å². The third-order valence-corrected chi connectivity index (χ3v) is 3.57. The van der Waals surface area contributed by atoms with Crippen molar-refractivity contribution in [3.8, 4) is 11.4 Å². The SMILES string of the molecule is OC1CNC(c2nc(-c3coc4ccccc34)no2)C1. The number of aromatic nitrogens is 2. The number of benzene rings is 1. The average molecular weight is 271 g/mol. The fraction of sp³-hybridized carbons (Fsp3) is 0.286. The van der Waals surface area contributed by atoms with Crippen molar-refractivity contribution in [3.63, 3.8) is 0 Å². The molecule has 1 fully saturated rings. The molecule has 0 radical (unpaired) electrons. The maximum absolute atomic E-state index is 9.53. The van der Waals surface area contributed by atoms with Gasteiger partial charge in [-0.3, -0.25) is 0 Å². The van der Waals surface area contributed by atoms with Gasteiger partial charge in [0.2, 0.25) is 11.7 Å². The predicted molar refractivity (Wildman–Crippen MR) is 70.9 cm³/mol. The first-order chi connectivity index (χ1) is 9.81. The molecule has 0 saturated carbocycles. The fourth-order valence-corrected chi connectivity index (χ4v) is 2.54. The molecule has 0 aliphatic carbocycles. The Bertz CT molecular complexity index is 749. The molecule has 4 rings (SSSR count). The lowest BCUT2D eigenvalue weighted by Crippen LogP contribution is -2.15. The highest BCUT2D eigenvalue weighted by molar-refractivity contribution is 5.91. The summed E-state index contributed by atoms with van der Waals surface area (Å²) >= 11 is 0. The van der Waals surface area contributed by atoms with Crippen LogP contribution in [0.1, 0.15) is 18.4 Å². The number of nitrogens with zero attached hydrogens (tertiary/aromatic N) is 2. The first-order valence-electron chi connectivity index (χ1n) is 6.53. The van der Waals surface area contributed by atoms with Crippen LogP contribution < -0.4 is 5.32 Å². The van der Waals surface area contributed by atoms with Crippen molar-refractivity contribution in [2.75, 3.05) is 6.54 Å². The summed E-state index contributed by atoms with van der Waals surface area (Å²) in [5.41, 5.74) is 1.61. The van der Waals surface area contributed by atoms with Gasteiger partial charge in [0, 0.05) is 11.9 Å². The molecule has 0 spiro atoms. The second-order valence-electron chi connectivity index (χ2n) is 4.95. The number of β-amino-alcohol motifs (C(OH)–C–C–N with tert-alkyl or cyclic N) is 1. The molecule has 2 N–H and O–H groups in total. The van der Waals surface area contributed by atoms with Crippen molar-refractivity contribution in [2.45, 2.75) is 18.6 Å². The number of furan rings is 1. The van der Waals surface area contributed by atoms with Gasteiger partial charge in [-0.1, -0.05) is 23.4 Å². The molecule has 6 nitrogen and oxygen atoms in total. The zero-order chi connectivity index (χ0) is 13.5. The number of fused-ring (bicyclic) bond motifs is 1. The molecule has 3 aromatic rings. The van der Waals surface area contributed by atoms with Gasteiger partial charge < -0.3 is 19.4 Å². The van der Waals surface area contributed by atoms with Crippen molar-refractivity contribution < 1.29 is 14.0 Å². The van der Waals surface area contributed by atoms with Gasteiger partial charge in [0.05, 0.1) is 17.7 Å². The number of hydrogen-bond acceptors (Lipinski definition) is 6. The van der Waals surface area contributed by atoms with Gasteiger partial charge >= 0.3 is 0 Å². The summed E-state index contributed by atoms with van der Waals surface area (Å²) < 4.78 is 10.8. The van der Waals surface area contributed by atoms with Crippen molar-refractivity contribution in [1.82, 2.24) is 15.5 Å². The van der Waals surface area contributed by atoms with E-state index in [1.807, 2.05) is 24.3 Å². The summed E-state index contributed by atoms with van der Waals surface area (Å²) in [7, 11) is 0. The maximum Gasteiger partial charge on any atom is 0.244 e. The number of rotatable bonds is 2. The van der Waals surface area contributed by atoms with Crippen LogP contribution in [0.25, 0.3) is 22.4 Å². The number of hydrogen-bond donors (Lipinski definition) is 2. The van der Waals surface area contributed by atoms with Crippen molar-refractivity contribution in [1.29, 1.82) is 0 Å². The molecule has 0 bridgehead atoms. The molecule has 2 unspecified atom stereocenters. The van der Waals surface area contributed by atoms with Crippen LogP contribution in [0.5, 0.6) is 0 Å². The summed E-state index contributed by atoms with van der Waals surface area (Å²) in [6.45, 7) is 0.553. The standard InChI is InChI=1S/C14H13N3O3/c18-8-5-11(15-6-8)14-16-13(17-20-14)10-7-19-12-4-2-1-3-9(10)12/h1-4,7-8,11,15,18H,5-6H2. The van der Waals surface area contributed by atoms with E-state index in [9.17, 15) is 5.11 Å². The molecule has 3 heterocycles. The van der Waals surface area contributed by atoms with Gasteiger partial charge in [-0.15, -0.1) is 0 Å². The fourth-order valence-electron chi connectivity index (χ4n) is 2.54. The first kappa shape index (κ1) is 11.6. The maximum atomic E-state index is 9.53. The van der Waals surface area contributed by atoms with E-state index in [1.165, 1.54) is 0 Å². The molecule has 1 aromatic carbocycles. The third-order valence-electron chi connectivity index (χ3n) is 3.57. The van der Waals surface area contributed by atoms with Crippen LogP contribution in [-0.2, 0) is 0 Å². The van der Waals surface area contributed by atoms with E-state index >= 15 is 0 Å². The van der Waals surface area contributed by atoms with E-state index in [1.54, 1.807) is 6.26 Å². The highest BCUT2D eigenvalue weighted by Crippen LogP contribution is 2.30. The summed E-state index contributed by atoms with van der Waals surface area (Å²) in [6, 6.07) is 7.64. The van der Waals surface area contributed by atoms with E-state index in [2.05, 4.69) is 15.5 Å². The van der Waals surface area contributed by atoms with Gasteiger partial charge in [-0.25, -0.2) is 0 Å². The van der Waals surface area contributed by atoms with E-state index in [-0.39, 0.29) is 12.1 Å². The quantitative estimate of drug-likeness (QED) is 0.740. The predicted octanol–water partition coefficient (Wildman–Crippen LogP) is 1.88. The minimum Gasteiger partial charge on any atom is -0.464 e. The molecular weight excluding hydrogens is 258 g/mol. The Morgan fingerprint density at radius 3 is 3.05 bits per heavy atom. The average Bonchev–Trinajstić information content (AvgIpc) is 3.15. The van der Waals surface area contributed by atoms with Gasteiger partial charge in [0.15, 0.2) is 0 Å².